The summed E-state index contributed by atoms with van der Waals surface area (Å²) < 4.78 is 21.1. The third-order valence-electron chi connectivity index (χ3n) is 5.03. The van der Waals surface area contributed by atoms with E-state index in [0.29, 0.717) is 29.1 Å². The molecule has 1 N–H and O–H groups in total. The van der Waals surface area contributed by atoms with Crippen LogP contribution < -0.4 is 5.32 Å². The first-order valence-electron chi connectivity index (χ1n) is 8.58. The number of nitrogens with one attached hydrogen (secondary N) is 1. The lowest BCUT2D eigenvalue weighted by atomic mass is 9.87. The number of likely N-dealkylation sites (tertiary alicyclic amines) is 1. The monoisotopic (exact) mass is 343 g/mol. The fourth-order valence-electron chi connectivity index (χ4n) is 3.79. The number of hydrogen-bond donors (Lipinski definition) is 1. The summed E-state index contributed by atoms with van der Waals surface area (Å²) in [5, 5.41) is 3.30. The number of hydrogen-bond acceptors (Lipinski definition) is 5. The van der Waals surface area contributed by atoms with E-state index in [-0.39, 0.29) is 5.82 Å². The van der Waals surface area contributed by atoms with E-state index in [9.17, 15) is 4.39 Å². The second kappa shape index (κ2) is 6.48. The number of nitrogens with zero attached hydrogens (tertiary/aromatic N) is 4. The summed E-state index contributed by atoms with van der Waals surface area (Å²) in [6.45, 7) is 1.82. The Morgan fingerprint density at radius 2 is 2.24 bits per heavy atom. The lowest BCUT2D eigenvalue weighted by molar-refractivity contribution is 0.121. The highest BCUT2D eigenvalue weighted by Gasteiger charge is 2.32. The third-order valence-corrected chi connectivity index (χ3v) is 5.03. The minimum absolute atomic E-state index is 0.301. The van der Waals surface area contributed by atoms with Gasteiger partial charge in [0.15, 0.2) is 5.58 Å². The summed E-state index contributed by atoms with van der Waals surface area (Å²) in [5.74, 6) is 0.110. The van der Waals surface area contributed by atoms with Crippen LogP contribution in [0.1, 0.15) is 24.6 Å². The number of halogens is 1. The number of fused-ring (bicyclic) bond motifs is 1. The average molecular weight is 343 g/mol. The zero-order chi connectivity index (χ0) is 17.4. The summed E-state index contributed by atoms with van der Waals surface area (Å²) in [7, 11) is 4.19. The Balaban J connectivity index is 1.52. The van der Waals surface area contributed by atoms with Gasteiger partial charge in [-0.2, -0.15) is 4.98 Å². The number of piperidine rings is 1. The zero-order valence-electron chi connectivity index (χ0n) is 14.4. The number of aryl methyl sites for hydroxylation is 1. The number of aromatic nitrogens is 3. The van der Waals surface area contributed by atoms with Crippen molar-refractivity contribution in [1.82, 2.24) is 19.4 Å². The molecule has 6 nitrogen and oxygen atoms in total. The Kier molecular flexibility index (Phi) is 4.17. The Hall–Kier alpha value is -2.41. The van der Waals surface area contributed by atoms with Crippen LogP contribution in [-0.4, -0.2) is 39.6 Å². The van der Waals surface area contributed by atoms with Crippen molar-refractivity contribution in [1.29, 1.82) is 0 Å². The molecule has 0 spiro atoms. The van der Waals surface area contributed by atoms with Gasteiger partial charge in [0.2, 0.25) is 0 Å². The fraction of sp³-hybridized carbons (Fsp3) is 0.444. The third kappa shape index (κ3) is 3.11. The van der Waals surface area contributed by atoms with Gasteiger partial charge in [0.05, 0.1) is 18.1 Å². The molecule has 3 heterocycles. The van der Waals surface area contributed by atoms with E-state index in [1.165, 1.54) is 17.8 Å². The van der Waals surface area contributed by atoms with Crippen molar-refractivity contribution < 1.29 is 8.81 Å². The molecule has 0 bridgehead atoms. The molecule has 0 saturated carbocycles. The van der Waals surface area contributed by atoms with E-state index in [2.05, 4.69) is 31.8 Å². The molecule has 0 aliphatic carbocycles. The van der Waals surface area contributed by atoms with Crippen molar-refractivity contribution in [3.63, 3.8) is 0 Å². The van der Waals surface area contributed by atoms with Crippen LogP contribution in [0.15, 0.2) is 35.1 Å². The van der Waals surface area contributed by atoms with Gasteiger partial charge in [-0.05, 0) is 44.5 Å². The minimum atomic E-state index is -0.308. The molecule has 1 saturated heterocycles. The molecule has 2 atom stereocenters. The molecule has 7 heteroatoms. The predicted octanol–water partition coefficient (Wildman–Crippen LogP) is 3.20. The number of imidazole rings is 1. The molecule has 132 valence electrons. The summed E-state index contributed by atoms with van der Waals surface area (Å²) in [5.41, 5.74) is 2.34. The molecular formula is C18H22FN5O. The van der Waals surface area contributed by atoms with Crippen LogP contribution in [0.25, 0.3) is 11.1 Å². The Bertz CT molecular complexity index is 873. The quantitative estimate of drug-likeness (QED) is 0.788. The summed E-state index contributed by atoms with van der Waals surface area (Å²) in [4.78, 5) is 11.0. The molecule has 1 aliphatic rings. The second-order valence-electron chi connectivity index (χ2n) is 6.77. The number of anilines is 1. The Morgan fingerprint density at radius 3 is 3.04 bits per heavy atom. The van der Waals surface area contributed by atoms with E-state index >= 15 is 0 Å². The van der Waals surface area contributed by atoms with E-state index in [0.717, 1.165) is 25.9 Å². The van der Waals surface area contributed by atoms with Gasteiger partial charge in [-0.25, -0.2) is 9.37 Å². The normalized spacial score (nSPS) is 21.7. The van der Waals surface area contributed by atoms with Crippen LogP contribution in [-0.2, 0) is 7.05 Å². The summed E-state index contributed by atoms with van der Waals surface area (Å²) in [6.07, 6.45) is 6.08. The smallest absolute Gasteiger partial charge is 0.295 e. The molecule has 3 aromatic rings. The molecule has 0 unspecified atom stereocenters. The van der Waals surface area contributed by atoms with Crippen LogP contribution >= 0.6 is 0 Å². The average Bonchev–Trinajstić information content (AvgIpc) is 3.18. The molecular weight excluding hydrogens is 321 g/mol. The van der Waals surface area contributed by atoms with Gasteiger partial charge >= 0.3 is 0 Å². The molecule has 0 radical (unpaired) electrons. The van der Waals surface area contributed by atoms with Crippen molar-refractivity contribution in [2.75, 3.05) is 25.5 Å². The van der Waals surface area contributed by atoms with Gasteiger partial charge in [-0.15, -0.1) is 0 Å². The van der Waals surface area contributed by atoms with Crippen molar-refractivity contribution in [3.05, 3.63) is 42.2 Å². The van der Waals surface area contributed by atoms with Crippen molar-refractivity contribution in [2.24, 2.45) is 13.0 Å². The molecule has 1 aromatic carbocycles. The van der Waals surface area contributed by atoms with Gasteiger partial charge < -0.3 is 14.3 Å². The van der Waals surface area contributed by atoms with Crippen LogP contribution in [0.3, 0.4) is 0 Å². The topological polar surface area (TPSA) is 59.1 Å². The van der Waals surface area contributed by atoms with Crippen LogP contribution in [0.4, 0.5) is 10.4 Å². The molecule has 1 fully saturated rings. The molecule has 2 aromatic heterocycles. The first-order chi connectivity index (χ1) is 12.1. The highest BCUT2D eigenvalue weighted by molar-refractivity contribution is 5.74. The van der Waals surface area contributed by atoms with Crippen molar-refractivity contribution >= 4 is 17.1 Å². The predicted molar refractivity (Wildman–Crippen MR) is 93.8 cm³/mol. The van der Waals surface area contributed by atoms with Gasteiger partial charge in [-0.3, -0.25) is 4.90 Å². The first-order valence-corrected chi connectivity index (χ1v) is 8.58. The minimum Gasteiger partial charge on any atom is -0.424 e. The van der Waals surface area contributed by atoms with Gasteiger partial charge in [0, 0.05) is 25.9 Å². The van der Waals surface area contributed by atoms with Gasteiger partial charge in [0.25, 0.3) is 6.01 Å². The number of rotatable bonds is 4. The van der Waals surface area contributed by atoms with Crippen molar-refractivity contribution in [2.45, 2.75) is 18.9 Å². The maximum absolute atomic E-state index is 13.3. The van der Waals surface area contributed by atoms with E-state index in [1.54, 1.807) is 6.07 Å². The van der Waals surface area contributed by atoms with E-state index in [1.807, 2.05) is 19.6 Å². The SMILES string of the molecule is CN1CCC[C@@H](CNc2nc3cc(F)ccc3o2)[C@@H]1c1cncn1C. The maximum Gasteiger partial charge on any atom is 0.295 e. The summed E-state index contributed by atoms with van der Waals surface area (Å²) >= 11 is 0. The standard InChI is InChI=1S/C18H22FN5O/c1-23-7-3-4-12(17(23)15-10-20-11-24(15)2)9-21-18-22-14-8-13(19)5-6-16(14)25-18/h5-6,8,10-12,17H,3-4,7,9H2,1-2H3,(H,21,22)/t12-,17+/m0/s1. The fourth-order valence-corrected chi connectivity index (χ4v) is 3.79. The molecule has 4 rings (SSSR count). The van der Waals surface area contributed by atoms with Crippen molar-refractivity contribution in [3.8, 4) is 0 Å². The lowest BCUT2D eigenvalue weighted by Crippen LogP contribution is -2.39. The molecule has 25 heavy (non-hydrogen) atoms. The van der Waals surface area contributed by atoms with Gasteiger partial charge in [0.1, 0.15) is 11.3 Å². The molecule has 1 aliphatic heterocycles. The van der Waals surface area contributed by atoms with Crippen LogP contribution in [0, 0.1) is 11.7 Å². The number of oxazole rings is 1. The van der Waals surface area contributed by atoms with Gasteiger partial charge in [-0.1, -0.05) is 0 Å². The largest absolute Gasteiger partial charge is 0.424 e. The summed E-state index contributed by atoms with van der Waals surface area (Å²) in [6, 6.07) is 5.12. The maximum atomic E-state index is 13.3. The van der Waals surface area contributed by atoms with E-state index in [4.69, 9.17) is 4.42 Å². The first kappa shape index (κ1) is 16.1. The van der Waals surface area contributed by atoms with Crippen LogP contribution in [0.5, 0.6) is 0 Å². The highest BCUT2D eigenvalue weighted by atomic mass is 19.1. The Morgan fingerprint density at radius 1 is 1.36 bits per heavy atom. The lowest BCUT2D eigenvalue weighted by Gasteiger charge is -2.39. The zero-order valence-corrected chi connectivity index (χ0v) is 14.4. The second-order valence-corrected chi connectivity index (χ2v) is 6.77. The Labute approximate surface area is 145 Å². The van der Waals surface area contributed by atoms with E-state index < -0.39 is 0 Å². The molecule has 0 amide bonds. The number of benzene rings is 1. The van der Waals surface area contributed by atoms with Crippen LogP contribution in [0.2, 0.25) is 0 Å². The highest BCUT2D eigenvalue weighted by Crippen LogP contribution is 2.35.